The number of sulfonamides is 1. The summed E-state index contributed by atoms with van der Waals surface area (Å²) in [4.78, 5) is -0.00968. The molecule has 0 bridgehead atoms. The molecule has 2 aromatic rings. The normalized spacial score (nSPS) is 11.4. The third kappa shape index (κ3) is 3.92. The van der Waals surface area contributed by atoms with E-state index in [1.165, 1.54) is 12.1 Å². The number of rotatable bonds is 5. The summed E-state index contributed by atoms with van der Waals surface area (Å²) in [7, 11) is -3.93. The summed E-state index contributed by atoms with van der Waals surface area (Å²) < 4.78 is 52.6. The van der Waals surface area contributed by atoms with Crippen molar-refractivity contribution in [1.29, 1.82) is 0 Å². The fourth-order valence-electron chi connectivity index (χ4n) is 1.72. The fourth-order valence-corrected chi connectivity index (χ4v) is 3.01. The van der Waals surface area contributed by atoms with Crippen LogP contribution < -0.4 is 4.72 Å². The second-order valence-corrected chi connectivity index (χ2v) is 6.37. The average Bonchev–Trinajstić information content (AvgIpc) is 2.43. The van der Waals surface area contributed by atoms with Crippen molar-refractivity contribution in [2.75, 3.05) is 10.6 Å². The third-order valence-corrected chi connectivity index (χ3v) is 4.36. The zero-order chi connectivity index (χ0) is 15.5. The summed E-state index contributed by atoms with van der Waals surface area (Å²) in [5.74, 6) is -1.32. The smallest absolute Gasteiger partial charge is 0.261 e. The zero-order valence-corrected chi connectivity index (χ0v) is 12.4. The molecule has 0 aliphatic heterocycles. The van der Waals surface area contributed by atoms with E-state index in [1.807, 2.05) is 0 Å². The van der Waals surface area contributed by atoms with Gasteiger partial charge in [-0.1, -0.05) is 12.1 Å². The Bertz CT molecular complexity index is 733. The maximum absolute atomic E-state index is 13.5. The van der Waals surface area contributed by atoms with Gasteiger partial charge in [0.1, 0.15) is 11.6 Å². The van der Waals surface area contributed by atoms with Crippen LogP contribution in [0.4, 0.5) is 14.5 Å². The van der Waals surface area contributed by atoms with Gasteiger partial charge in [0.05, 0.1) is 10.6 Å². The van der Waals surface area contributed by atoms with Crippen LogP contribution in [0.25, 0.3) is 0 Å². The lowest BCUT2D eigenvalue weighted by molar-refractivity contribution is 0.583. The lowest BCUT2D eigenvalue weighted by atomic mass is 10.2. The van der Waals surface area contributed by atoms with Crippen molar-refractivity contribution in [2.24, 2.45) is 0 Å². The van der Waals surface area contributed by atoms with E-state index in [0.29, 0.717) is 18.4 Å². The summed E-state index contributed by atoms with van der Waals surface area (Å²) in [6.45, 7) is 0. The minimum absolute atomic E-state index is 0.00968. The molecule has 0 aromatic heterocycles. The maximum atomic E-state index is 13.5. The number of nitrogens with one attached hydrogen (secondary N) is 1. The summed E-state index contributed by atoms with van der Waals surface area (Å²) in [6.07, 6.45) is 0.627. The molecular formula is C14H12ClF2NO2S. The number of hydrogen-bond donors (Lipinski definition) is 1. The van der Waals surface area contributed by atoms with Crippen LogP contribution in [0.3, 0.4) is 0 Å². The molecule has 2 aromatic carbocycles. The number of anilines is 1. The van der Waals surface area contributed by atoms with Gasteiger partial charge in [0.15, 0.2) is 0 Å². The zero-order valence-electron chi connectivity index (χ0n) is 10.8. The molecular weight excluding hydrogens is 320 g/mol. The first-order valence-corrected chi connectivity index (χ1v) is 8.07. The van der Waals surface area contributed by atoms with Gasteiger partial charge in [0.2, 0.25) is 0 Å². The van der Waals surface area contributed by atoms with Crippen LogP contribution in [0.5, 0.6) is 0 Å². The third-order valence-electron chi connectivity index (χ3n) is 2.79. The predicted octanol–water partition coefficient (Wildman–Crippen LogP) is 3.55. The van der Waals surface area contributed by atoms with E-state index in [0.717, 1.165) is 17.7 Å². The first kappa shape index (κ1) is 15.7. The van der Waals surface area contributed by atoms with Gasteiger partial charge in [-0.15, -0.1) is 11.6 Å². The van der Waals surface area contributed by atoms with Crippen molar-refractivity contribution in [2.45, 2.75) is 11.3 Å². The number of aryl methyl sites for hydroxylation is 1. The minimum Gasteiger partial charge on any atom is -0.277 e. The maximum Gasteiger partial charge on any atom is 0.261 e. The standard InChI is InChI=1S/C14H12ClF2NO2S/c15-8-7-10-1-4-12(5-2-10)21(19,20)18-14-6-3-11(16)9-13(14)17/h1-6,9,18H,7-8H2. The highest BCUT2D eigenvalue weighted by Crippen LogP contribution is 2.20. The van der Waals surface area contributed by atoms with Gasteiger partial charge < -0.3 is 0 Å². The van der Waals surface area contributed by atoms with Crippen LogP contribution >= 0.6 is 11.6 Å². The van der Waals surface area contributed by atoms with Crippen LogP contribution in [0.2, 0.25) is 0 Å². The summed E-state index contributed by atoms with van der Waals surface area (Å²) in [6, 6.07) is 8.71. The van der Waals surface area contributed by atoms with Crippen LogP contribution in [0, 0.1) is 11.6 Å². The first-order chi connectivity index (χ1) is 9.92. The molecule has 0 aliphatic carbocycles. The molecule has 0 amide bonds. The molecule has 0 heterocycles. The lowest BCUT2D eigenvalue weighted by Gasteiger charge is -2.09. The molecule has 0 fully saturated rings. The van der Waals surface area contributed by atoms with Crippen molar-refractivity contribution in [3.8, 4) is 0 Å². The molecule has 0 unspecified atom stereocenters. The van der Waals surface area contributed by atoms with Gasteiger partial charge in [-0.3, -0.25) is 4.72 Å². The van der Waals surface area contributed by atoms with Crippen molar-refractivity contribution in [3.63, 3.8) is 0 Å². The highest BCUT2D eigenvalue weighted by atomic mass is 35.5. The van der Waals surface area contributed by atoms with Gasteiger partial charge >= 0.3 is 0 Å². The van der Waals surface area contributed by atoms with Gasteiger partial charge in [-0.2, -0.15) is 0 Å². The monoisotopic (exact) mass is 331 g/mol. The molecule has 1 N–H and O–H groups in total. The Morgan fingerprint density at radius 1 is 1.05 bits per heavy atom. The molecule has 0 saturated heterocycles. The van der Waals surface area contributed by atoms with E-state index < -0.39 is 21.7 Å². The highest BCUT2D eigenvalue weighted by Gasteiger charge is 2.16. The second-order valence-electron chi connectivity index (χ2n) is 4.31. The number of alkyl halides is 1. The predicted molar refractivity (Wildman–Crippen MR) is 78.0 cm³/mol. The summed E-state index contributed by atoms with van der Waals surface area (Å²) >= 11 is 5.60. The van der Waals surface area contributed by atoms with Gasteiger partial charge in [-0.25, -0.2) is 17.2 Å². The van der Waals surface area contributed by atoms with E-state index in [-0.39, 0.29) is 10.6 Å². The molecule has 0 spiro atoms. The van der Waals surface area contributed by atoms with E-state index in [1.54, 1.807) is 12.1 Å². The second kappa shape index (κ2) is 6.41. The molecule has 3 nitrogen and oxygen atoms in total. The van der Waals surface area contributed by atoms with E-state index in [9.17, 15) is 17.2 Å². The van der Waals surface area contributed by atoms with Crippen molar-refractivity contribution >= 4 is 27.3 Å². The fraction of sp³-hybridized carbons (Fsp3) is 0.143. The average molecular weight is 332 g/mol. The number of halogens is 3. The van der Waals surface area contributed by atoms with Crippen molar-refractivity contribution in [3.05, 3.63) is 59.7 Å². The SMILES string of the molecule is O=S(=O)(Nc1ccc(F)cc1F)c1ccc(CCCl)cc1. The van der Waals surface area contributed by atoms with Crippen molar-refractivity contribution in [1.82, 2.24) is 0 Å². The van der Waals surface area contributed by atoms with Crippen LogP contribution in [0.15, 0.2) is 47.4 Å². The van der Waals surface area contributed by atoms with Crippen molar-refractivity contribution < 1.29 is 17.2 Å². The Morgan fingerprint density at radius 3 is 2.29 bits per heavy atom. The van der Waals surface area contributed by atoms with Gasteiger partial charge in [0, 0.05) is 11.9 Å². The molecule has 112 valence electrons. The molecule has 21 heavy (non-hydrogen) atoms. The Labute approximate surface area is 126 Å². The number of hydrogen-bond acceptors (Lipinski definition) is 2. The Hall–Kier alpha value is -1.66. The molecule has 7 heteroatoms. The first-order valence-electron chi connectivity index (χ1n) is 6.05. The van der Waals surface area contributed by atoms with Gasteiger partial charge in [0.25, 0.3) is 10.0 Å². The number of benzene rings is 2. The van der Waals surface area contributed by atoms with Gasteiger partial charge in [-0.05, 0) is 36.2 Å². The Kier molecular flexibility index (Phi) is 4.80. The molecule has 0 saturated carbocycles. The summed E-state index contributed by atoms with van der Waals surface area (Å²) in [5.41, 5.74) is 0.596. The molecule has 2 rings (SSSR count). The quantitative estimate of drug-likeness (QED) is 0.852. The van der Waals surface area contributed by atoms with Crippen LogP contribution in [0.1, 0.15) is 5.56 Å². The molecule has 0 radical (unpaired) electrons. The molecule has 0 atom stereocenters. The Balaban J connectivity index is 2.25. The molecule has 0 aliphatic rings. The van der Waals surface area contributed by atoms with Crippen LogP contribution in [-0.2, 0) is 16.4 Å². The largest absolute Gasteiger partial charge is 0.277 e. The minimum atomic E-state index is -3.93. The van der Waals surface area contributed by atoms with E-state index >= 15 is 0 Å². The summed E-state index contributed by atoms with van der Waals surface area (Å²) in [5, 5.41) is 0. The Morgan fingerprint density at radius 2 is 1.71 bits per heavy atom. The lowest BCUT2D eigenvalue weighted by Crippen LogP contribution is -2.14. The van der Waals surface area contributed by atoms with E-state index in [4.69, 9.17) is 11.6 Å². The topological polar surface area (TPSA) is 46.2 Å². The van der Waals surface area contributed by atoms with Crippen LogP contribution in [-0.4, -0.2) is 14.3 Å². The van der Waals surface area contributed by atoms with E-state index in [2.05, 4.69) is 4.72 Å². The highest BCUT2D eigenvalue weighted by molar-refractivity contribution is 7.92.